The third-order valence-corrected chi connectivity index (χ3v) is 3.21. The predicted octanol–water partition coefficient (Wildman–Crippen LogP) is 1.12. The van der Waals surface area contributed by atoms with Gasteiger partial charge in [0.05, 0.1) is 19.8 Å². The summed E-state index contributed by atoms with van der Waals surface area (Å²) in [5.74, 6) is 6.07. The molecule has 2 saturated heterocycles. The lowest BCUT2D eigenvalue weighted by Gasteiger charge is -2.47. The maximum absolute atomic E-state index is 5.29. The maximum Gasteiger partial charge on any atom is 0.0601 e. The topological polar surface area (TPSA) is 12.5 Å². The van der Waals surface area contributed by atoms with Crippen molar-refractivity contribution in [3.8, 4) is 11.8 Å². The lowest BCUT2D eigenvalue weighted by Crippen LogP contribution is -2.50. The van der Waals surface area contributed by atoms with Crippen molar-refractivity contribution >= 4 is 0 Å². The Morgan fingerprint density at radius 1 is 1.31 bits per heavy atom. The van der Waals surface area contributed by atoms with Gasteiger partial charge in [-0.1, -0.05) is 5.92 Å². The van der Waals surface area contributed by atoms with Crippen molar-refractivity contribution in [2.24, 2.45) is 5.41 Å². The highest BCUT2D eigenvalue weighted by molar-refractivity contribution is 5.00. The second-order valence-corrected chi connectivity index (χ2v) is 4.20. The molecule has 0 aromatic heterocycles. The van der Waals surface area contributed by atoms with Crippen molar-refractivity contribution in [2.45, 2.75) is 19.8 Å². The Hall–Kier alpha value is -0.520. The predicted molar refractivity (Wildman–Crippen MR) is 52.4 cm³/mol. The first kappa shape index (κ1) is 9.05. The Labute approximate surface area is 80.2 Å². The van der Waals surface area contributed by atoms with Crippen LogP contribution >= 0.6 is 0 Å². The molecule has 2 rings (SSSR count). The number of nitrogens with zero attached hydrogens (tertiary/aromatic N) is 1. The van der Waals surface area contributed by atoms with Crippen LogP contribution in [0, 0.1) is 17.3 Å². The van der Waals surface area contributed by atoms with E-state index < -0.39 is 0 Å². The molecule has 0 saturated carbocycles. The van der Waals surface area contributed by atoms with Crippen molar-refractivity contribution < 1.29 is 4.74 Å². The molecule has 0 aromatic rings. The molecule has 2 nitrogen and oxygen atoms in total. The van der Waals surface area contributed by atoms with Crippen LogP contribution in [0.25, 0.3) is 0 Å². The van der Waals surface area contributed by atoms with Crippen LogP contribution in [0.5, 0.6) is 0 Å². The van der Waals surface area contributed by atoms with Crippen LogP contribution in [-0.2, 0) is 4.74 Å². The minimum atomic E-state index is 0.566. The lowest BCUT2D eigenvalue weighted by molar-refractivity contribution is -0.138. The molecule has 0 radical (unpaired) electrons. The molecular weight excluding hydrogens is 162 g/mol. The number of hydrogen-bond donors (Lipinski definition) is 0. The van der Waals surface area contributed by atoms with Gasteiger partial charge in [-0.2, -0.15) is 0 Å². The average Bonchev–Trinajstić information content (AvgIpc) is 2.13. The first-order valence-electron chi connectivity index (χ1n) is 5.04. The molecule has 2 heterocycles. The smallest absolute Gasteiger partial charge is 0.0601 e. The largest absolute Gasteiger partial charge is 0.380 e. The molecule has 0 aliphatic carbocycles. The van der Waals surface area contributed by atoms with Crippen LogP contribution in [0.15, 0.2) is 0 Å². The highest BCUT2D eigenvalue weighted by Crippen LogP contribution is 2.38. The molecule has 2 fully saturated rings. The molecule has 0 unspecified atom stereocenters. The number of piperidine rings is 1. The van der Waals surface area contributed by atoms with Gasteiger partial charge in [0.1, 0.15) is 0 Å². The van der Waals surface area contributed by atoms with Gasteiger partial charge in [-0.15, -0.1) is 5.92 Å². The van der Waals surface area contributed by atoms with Crippen LogP contribution in [0.1, 0.15) is 19.8 Å². The molecule has 2 heteroatoms. The van der Waals surface area contributed by atoms with Crippen LogP contribution in [0.3, 0.4) is 0 Å². The van der Waals surface area contributed by atoms with E-state index in [1.54, 1.807) is 0 Å². The van der Waals surface area contributed by atoms with E-state index in [4.69, 9.17) is 4.74 Å². The van der Waals surface area contributed by atoms with E-state index in [-0.39, 0.29) is 0 Å². The zero-order valence-corrected chi connectivity index (χ0v) is 8.31. The van der Waals surface area contributed by atoms with E-state index in [9.17, 15) is 0 Å². The molecule has 0 amide bonds. The first-order valence-corrected chi connectivity index (χ1v) is 5.04. The fraction of sp³-hybridized carbons (Fsp3) is 0.818. The Bertz CT molecular complexity index is 224. The number of likely N-dealkylation sites (tertiary alicyclic amines) is 1. The van der Waals surface area contributed by atoms with Gasteiger partial charge in [0.2, 0.25) is 0 Å². The Morgan fingerprint density at radius 2 is 2.00 bits per heavy atom. The summed E-state index contributed by atoms with van der Waals surface area (Å²) >= 11 is 0. The van der Waals surface area contributed by atoms with Crippen molar-refractivity contribution in [3.05, 3.63) is 0 Å². The third kappa shape index (κ3) is 1.87. The van der Waals surface area contributed by atoms with E-state index >= 15 is 0 Å². The highest BCUT2D eigenvalue weighted by atomic mass is 16.5. The van der Waals surface area contributed by atoms with Crippen LogP contribution in [0.4, 0.5) is 0 Å². The Kier molecular flexibility index (Phi) is 2.57. The van der Waals surface area contributed by atoms with E-state index in [1.165, 1.54) is 25.9 Å². The summed E-state index contributed by atoms with van der Waals surface area (Å²) in [6.45, 7) is 7.27. The quantitative estimate of drug-likeness (QED) is 0.559. The summed E-state index contributed by atoms with van der Waals surface area (Å²) in [6.07, 6.45) is 2.61. The summed E-state index contributed by atoms with van der Waals surface area (Å²) in [4.78, 5) is 2.44. The number of rotatable bonds is 1. The molecular formula is C11H17NO. The minimum absolute atomic E-state index is 0.566. The van der Waals surface area contributed by atoms with E-state index in [1.807, 2.05) is 6.92 Å². The molecule has 2 aliphatic rings. The normalized spacial score (nSPS) is 26.2. The fourth-order valence-electron chi connectivity index (χ4n) is 2.06. The van der Waals surface area contributed by atoms with Gasteiger partial charge in [0.15, 0.2) is 0 Å². The van der Waals surface area contributed by atoms with Crippen molar-refractivity contribution in [1.82, 2.24) is 4.90 Å². The molecule has 72 valence electrons. The number of ether oxygens (including phenoxy) is 1. The first-order chi connectivity index (χ1) is 6.35. The van der Waals surface area contributed by atoms with Crippen molar-refractivity contribution in [2.75, 3.05) is 32.8 Å². The second-order valence-electron chi connectivity index (χ2n) is 4.20. The molecule has 1 spiro atoms. The maximum atomic E-state index is 5.29. The van der Waals surface area contributed by atoms with Gasteiger partial charge in [0, 0.05) is 5.41 Å². The summed E-state index contributed by atoms with van der Waals surface area (Å²) in [6, 6.07) is 0. The second kappa shape index (κ2) is 3.69. The summed E-state index contributed by atoms with van der Waals surface area (Å²) in [7, 11) is 0. The third-order valence-electron chi connectivity index (χ3n) is 3.21. The van der Waals surface area contributed by atoms with Gasteiger partial charge in [-0.05, 0) is 32.9 Å². The zero-order chi connectivity index (χ0) is 9.15. The standard InChI is InChI=1S/C11H17NO/c1-2-3-6-12-7-4-11(5-8-12)9-13-10-11/h4-10H2,1H3. The molecule has 0 atom stereocenters. The minimum Gasteiger partial charge on any atom is -0.380 e. The van der Waals surface area contributed by atoms with Gasteiger partial charge in [0.25, 0.3) is 0 Å². The average molecular weight is 179 g/mol. The molecule has 2 aliphatic heterocycles. The monoisotopic (exact) mass is 179 g/mol. The summed E-state index contributed by atoms with van der Waals surface area (Å²) in [5.41, 5.74) is 0.566. The lowest BCUT2D eigenvalue weighted by atomic mass is 9.77. The molecule has 0 aromatic carbocycles. The van der Waals surface area contributed by atoms with E-state index in [0.29, 0.717) is 5.41 Å². The summed E-state index contributed by atoms with van der Waals surface area (Å²) < 4.78 is 5.29. The van der Waals surface area contributed by atoms with Gasteiger partial charge < -0.3 is 4.74 Å². The van der Waals surface area contributed by atoms with Crippen LogP contribution in [-0.4, -0.2) is 37.7 Å². The number of hydrogen-bond acceptors (Lipinski definition) is 2. The zero-order valence-electron chi connectivity index (χ0n) is 8.31. The molecule has 0 bridgehead atoms. The van der Waals surface area contributed by atoms with Crippen LogP contribution in [0.2, 0.25) is 0 Å². The van der Waals surface area contributed by atoms with E-state index in [2.05, 4.69) is 16.7 Å². The molecule has 13 heavy (non-hydrogen) atoms. The Morgan fingerprint density at radius 3 is 2.46 bits per heavy atom. The van der Waals surface area contributed by atoms with E-state index in [0.717, 1.165) is 19.8 Å². The Balaban J connectivity index is 1.77. The van der Waals surface area contributed by atoms with Gasteiger partial charge in [-0.3, -0.25) is 4.90 Å². The fourth-order valence-corrected chi connectivity index (χ4v) is 2.06. The highest BCUT2D eigenvalue weighted by Gasteiger charge is 2.40. The van der Waals surface area contributed by atoms with Gasteiger partial charge >= 0.3 is 0 Å². The molecule has 0 N–H and O–H groups in total. The summed E-state index contributed by atoms with van der Waals surface area (Å²) in [5, 5.41) is 0. The van der Waals surface area contributed by atoms with Gasteiger partial charge in [-0.25, -0.2) is 0 Å². The SMILES string of the molecule is CC#CCN1CCC2(CC1)COC2. The van der Waals surface area contributed by atoms with Crippen molar-refractivity contribution in [1.29, 1.82) is 0 Å². The van der Waals surface area contributed by atoms with Crippen LogP contribution < -0.4 is 0 Å². The van der Waals surface area contributed by atoms with Crippen molar-refractivity contribution in [3.63, 3.8) is 0 Å².